The van der Waals surface area contributed by atoms with Crippen molar-refractivity contribution in [2.75, 3.05) is 32.1 Å². The summed E-state index contributed by atoms with van der Waals surface area (Å²) in [4.78, 5) is 15.9. The van der Waals surface area contributed by atoms with Gasteiger partial charge in [-0.05, 0) is 6.92 Å². The molecule has 1 amide bonds. The predicted molar refractivity (Wildman–Crippen MR) is 71.1 cm³/mol. The van der Waals surface area contributed by atoms with Gasteiger partial charge in [0.05, 0.1) is 31.7 Å². The molecule has 0 radical (unpaired) electrons. The van der Waals surface area contributed by atoms with E-state index in [0.29, 0.717) is 32.1 Å². The van der Waals surface area contributed by atoms with Crippen LogP contribution in [0.3, 0.4) is 0 Å². The second-order valence-corrected chi connectivity index (χ2v) is 6.00. The van der Waals surface area contributed by atoms with Gasteiger partial charge in [-0.25, -0.2) is 4.98 Å². The summed E-state index contributed by atoms with van der Waals surface area (Å²) in [6.07, 6.45) is -0.0187. The number of rotatable bonds is 5. The third-order valence-electron chi connectivity index (χ3n) is 2.34. The number of nitrogens with one attached hydrogen (secondary N) is 1. The molecule has 100 valence electrons. The average molecular weight is 288 g/mol. The van der Waals surface area contributed by atoms with E-state index in [2.05, 4.69) is 10.3 Å². The van der Waals surface area contributed by atoms with Gasteiger partial charge < -0.3 is 14.8 Å². The normalized spacial score (nSPS) is 19.7. The molecule has 0 aliphatic carbocycles. The van der Waals surface area contributed by atoms with Crippen LogP contribution < -0.4 is 5.32 Å². The molecule has 1 aromatic heterocycles. The van der Waals surface area contributed by atoms with E-state index in [-0.39, 0.29) is 12.0 Å². The van der Waals surface area contributed by atoms with Crippen LogP contribution in [0.1, 0.15) is 5.69 Å². The fraction of sp³-hybridized carbons (Fsp3) is 0.636. The van der Waals surface area contributed by atoms with Crippen LogP contribution in [0.4, 0.5) is 0 Å². The lowest BCUT2D eigenvalue weighted by molar-refractivity contribution is -0.121. The molecule has 1 aliphatic heterocycles. The van der Waals surface area contributed by atoms with Crippen LogP contribution in [-0.4, -0.2) is 49.1 Å². The standard InChI is InChI=1S/C11H16N2O3S2/c1-8-6-17-11(13-8)18-7-10(14)12-4-9-5-15-2-3-16-9/h6,9H,2-5,7H2,1H3,(H,12,14)/t9-/m0/s1. The third-order valence-corrected chi connectivity index (χ3v) is 4.48. The molecule has 0 aromatic carbocycles. The van der Waals surface area contributed by atoms with Crippen LogP contribution in [-0.2, 0) is 14.3 Å². The van der Waals surface area contributed by atoms with E-state index in [0.717, 1.165) is 10.0 Å². The first-order valence-corrected chi connectivity index (χ1v) is 7.61. The summed E-state index contributed by atoms with van der Waals surface area (Å²) < 4.78 is 11.6. The molecule has 5 nitrogen and oxygen atoms in total. The number of ether oxygens (including phenoxy) is 2. The van der Waals surface area contributed by atoms with Gasteiger partial charge in [0.1, 0.15) is 0 Å². The minimum Gasteiger partial charge on any atom is -0.376 e. The fourth-order valence-electron chi connectivity index (χ4n) is 1.46. The lowest BCUT2D eigenvalue weighted by Gasteiger charge is -2.22. The van der Waals surface area contributed by atoms with Gasteiger partial charge in [-0.2, -0.15) is 0 Å². The molecule has 1 aromatic rings. The first-order chi connectivity index (χ1) is 8.74. The number of carbonyl (C=O) groups excluding carboxylic acids is 1. The molecule has 2 heterocycles. The highest BCUT2D eigenvalue weighted by Crippen LogP contribution is 2.21. The molecule has 2 rings (SSSR count). The summed E-state index contributed by atoms with van der Waals surface area (Å²) in [7, 11) is 0. The zero-order chi connectivity index (χ0) is 12.8. The van der Waals surface area contributed by atoms with Crippen LogP contribution in [0.5, 0.6) is 0 Å². The zero-order valence-corrected chi connectivity index (χ0v) is 11.8. The Labute approximate surface area is 114 Å². The number of aromatic nitrogens is 1. The molecule has 7 heteroatoms. The molecule has 0 saturated carbocycles. The van der Waals surface area contributed by atoms with E-state index in [4.69, 9.17) is 9.47 Å². The minimum absolute atomic E-state index is 0.00188. The lowest BCUT2D eigenvalue weighted by Crippen LogP contribution is -2.40. The van der Waals surface area contributed by atoms with Crippen LogP contribution in [0.25, 0.3) is 0 Å². The molecule has 18 heavy (non-hydrogen) atoms. The first kappa shape index (κ1) is 13.8. The zero-order valence-electron chi connectivity index (χ0n) is 10.2. The van der Waals surface area contributed by atoms with E-state index in [1.807, 2.05) is 12.3 Å². The Morgan fingerprint density at radius 3 is 3.22 bits per heavy atom. The van der Waals surface area contributed by atoms with Gasteiger partial charge in [-0.3, -0.25) is 4.79 Å². The largest absolute Gasteiger partial charge is 0.376 e. The van der Waals surface area contributed by atoms with Gasteiger partial charge in [0.2, 0.25) is 5.91 Å². The number of thiazole rings is 1. The molecular weight excluding hydrogens is 272 g/mol. The lowest BCUT2D eigenvalue weighted by atomic mass is 10.3. The van der Waals surface area contributed by atoms with Crippen molar-refractivity contribution in [2.45, 2.75) is 17.4 Å². The van der Waals surface area contributed by atoms with Crippen molar-refractivity contribution < 1.29 is 14.3 Å². The molecular formula is C11H16N2O3S2. The molecule has 1 fully saturated rings. The molecule has 1 atom stereocenters. The van der Waals surface area contributed by atoms with Gasteiger partial charge in [0.25, 0.3) is 0 Å². The summed E-state index contributed by atoms with van der Waals surface area (Å²) in [6, 6.07) is 0. The van der Waals surface area contributed by atoms with Crippen molar-refractivity contribution in [3.63, 3.8) is 0 Å². The summed E-state index contributed by atoms with van der Waals surface area (Å²) in [6.45, 7) is 4.26. The van der Waals surface area contributed by atoms with Gasteiger partial charge in [-0.15, -0.1) is 11.3 Å². The van der Waals surface area contributed by atoms with Crippen LogP contribution >= 0.6 is 23.1 Å². The number of carbonyl (C=O) groups is 1. The van der Waals surface area contributed by atoms with Gasteiger partial charge in [0, 0.05) is 17.6 Å². The second kappa shape index (κ2) is 7.08. The van der Waals surface area contributed by atoms with Gasteiger partial charge in [0.15, 0.2) is 4.34 Å². The number of nitrogens with zero attached hydrogens (tertiary/aromatic N) is 1. The van der Waals surface area contributed by atoms with E-state index >= 15 is 0 Å². The summed E-state index contributed by atoms with van der Waals surface area (Å²) in [5.41, 5.74) is 0.996. The third kappa shape index (κ3) is 4.56. The highest BCUT2D eigenvalue weighted by atomic mass is 32.2. The minimum atomic E-state index is -0.0187. The van der Waals surface area contributed by atoms with Gasteiger partial charge in [-0.1, -0.05) is 11.8 Å². The van der Waals surface area contributed by atoms with Crippen molar-refractivity contribution >= 4 is 29.0 Å². The summed E-state index contributed by atoms with van der Waals surface area (Å²) in [5, 5.41) is 4.82. The molecule has 1 N–H and O–H groups in total. The Bertz CT molecular complexity index is 391. The maximum absolute atomic E-state index is 11.6. The quantitative estimate of drug-likeness (QED) is 0.821. The van der Waals surface area contributed by atoms with E-state index < -0.39 is 0 Å². The van der Waals surface area contributed by atoms with E-state index in [1.165, 1.54) is 11.8 Å². The van der Waals surface area contributed by atoms with E-state index in [9.17, 15) is 4.79 Å². The second-order valence-electron chi connectivity index (χ2n) is 3.92. The van der Waals surface area contributed by atoms with Crippen LogP contribution in [0.2, 0.25) is 0 Å². The topological polar surface area (TPSA) is 60.5 Å². The SMILES string of the molecule is Cc1csc(SCC(=O)NC[C@H]2COCCO2)n1. The number of hydrogen-bond donors (Lipinski definition) is 1. The molecule has 0 spiro atoms. The van der Waals surface area contributed by atoms with Crippen molar-refractivity contribution in [1.29, 1.82) is 0 Å². The number of thioether (sulfide) groups is 1. The summed E-state index contributed by atoms with van der Waals surface area (Å²) >= 11 is 3.02. The number of hydrogen-bond acceptors (Lipinski definition) is 6. The Kier molecular flexibility index (Phi) is 5.43. The smallest absolute Gasteiger partial charge is 0.230 e. The highest BCUT2D eigenvalue weighted by Gasteiger charge is 2.15. The van der Waals surface area contributed by atoms with Crippen LogP contribution in [0.15, 0.2) is 9.72 Å². The number of aryl methyl sites for hydroxylation is 1. The maximum atomic E-state index is 11.6. The Morgan fingerprint density at radius 2 is 2.56 bits per heavy atom. The summed E-state index contributed by atoms with van der Waals surface area (Å²) in [5.74, 6) is 0.391. The number of amides is 1. The Balaban J connectivity index is 1.62. The molecule has 1 saturated heterocycles. The highest BCUT2D eigenvalue weighted by molar-refractivity contribution is 8.01. The van der Waals surface area contributed by atoms with Gasteiger partial charge >= 0.3 is 0 Å². The van der Waals surface area contributed by atoms with Crippen LogP contribution in [0, 0.1) is 6.92 Å². The Hall–Kier alpha value is -0.630. The van der Waals surface area contributed by atoms with Crippen molar-refractivity contribution in [3.8, 4) is 0 Å². The van der Waals surface area contributed by atoms with Crippen molar-refractivity contribution in [2.24, 2.45) is 0 Å². The Morgan fingerprint density at radius 1 is 1.67 bits per heavy atom. The maximum Gasteiger partial charge on any atom is 0.230 e. The molecule has 0 bridgehead atoms. The van der Waals surface area contributed by atoms with Crippen molar-refractivity contribution in [3.05, 3.63) is 11.1 Å². The monoisotopic (exact) mass is 288 g/mol. The van der Waals surface area contributed by atoms with Crippen molar-refractivity contribution in [1.82, 2.24) is 10.3 Å². The predicted octanol–water partition coefficient (Wildman–Crippen LogP) is 1.08. The average Bonchev–Trinajstić information content (AvgIpc) is 2.81. The molecule has 1 aliphatic rings. The van der Waals surface area contributed by atoms with E-state index in [1.54, 1.807) is 11.3 Å². The fourth-order valence-corrected chi connectivity index (χ4v) is 3.14. The molecule has 0 unspecified atom stereocenters. The first-order valence-electron chi connectivity index (χ1n) is 5.75.